The third-order valence-electron chi connectivity index (χ3n) is 2.53. The summed E-state index contributed by atoms with van der Waals surface area (Å²) in [5.41, 5.74) is 0. The fourth-order valence-corrected chi connectivity index (χ4v) is 1.76. The Bertz CT molecular complexity index is 198. The summed E-state index contributed by atoms with van der Waals surface area (Å²) in [6.45, 7) is 0.111. The van der Waals surface area contributed by atoms with Gasteiger partial charge in [0.05, 0.1) is 0 Å². The molecule has 0 atom stereocenters. The molecule has 0 unspecified atom stereocenters. The van der Waals surface area contributed by atoms with E-state index in [0.29, 0.717) is 0 Å². The summed E-state index contributed by atoms with van der Waals surface area (Å²) in [5.74, 6) is -0.00314. The Hall–Kier alpha value is -0.900. The molecule has 4 nitrogen and oxygen atoms in total. The number of nitrogens with one attached hydrogen (secondary N) is 1. The van der Waals surface area contributed by atoms with Crippen LogP contribution >= 0.6 is 0 Å². The minimum atomic E-state index is -0.0777. The summed E-state index contributed by atoms with van der Waals surface area (Å²) in [7, 11) is 1.50. The van der Waals surface area contributed by atoms with Crippen molar-refractivity contribution in [2.75, 3.05) is 13.7 Å². The first-order valence-corrected chi connectivity index (χ1v) is 4.92. The van der Waals surface area contributed by atoms with Gasteiger partial charge in [0.2, 0.25) is 12.2 Å². The predicted molar refractivity (Wildman–Crippen MR) is 51.5 cm³/mol. The summed E-state index contributed by atoms with van der Waals surface area (Å²) in [4.78, 5) is 21.5. The third kappa shape index (κ3) is 3.46. The van der Waals surface area contributed by atoms with Gasteiger partial charge >= 0.3 is 0 Å². The summed E-state index contributed by atoms with van der Waals surface area (Å²) in [6, 6.07) is 0.210. The van der Waals surface area contributed by atoms with Gasteiger partial charge < -0.3 is 10.1 Å². The first-order valence-electron chi connectivity index (χ1n) is 4.92. The number of carbonyl (C=O) groups is 1. The van der Waals surface area contributed by atoms with Crippen molar-refractivity contribution in [1.29, 1.82) is 0 Å². The molecule has 1 radical (unpaired) electrons. The van der Waals surface area contributed by atoms with Crippen molar-refractivity contribution in [3.05, 3.63) is 0 Å². The average Bonchev–Trinajstić information content (AvgIpc) is 2.19. The molecule has 79 valence electrons. The maximum atomic E-state index is 11.1. The third-order valence-corrected chi connectivity index (χ3v) is 2.53. The standard InChI is InChI=1S/C10H16NO3/c1-14-7-10(13)11-9-4-2-8(6-12)3-5-9/h8-9H,2-5,7H2,1H3,(H,11,13). The smallest absolute Gasteiger partial charge is 0.246 e. The van der Waals surface area contributed by atoms with Crippen LogP contribution < -0.4 is 5.32 Å². The molecule has 0 saturated heterocycles. The van der Waals surface area contributed by atoms with Crippen LogP contribution in [-0.2, 0) is 14.3 Å². The highest BCUT2D eigenvalue weighted by molar-refractivity contribution is 5.77. The molecule has 14 heavy (non-hydrogen) atoms. The largest absolute Gasteiger partial charge is 0.375 e. The average molecular weight is 198 g/mol. The van der Waals surface area contributed by atoms with Gasteiger partial charge in [0.1, 0.15) is 6.61 Å². The summed E-state index contributed by atoms with van der Waals surface area (Å²) >= 11 is 0. The highest BCUT2D eigenvalue weighted by atomic mass is 16.5. The molecule has 1 fully saturated rings. The second-order valence-electron chi connectivity index (χ2n) is 3.67. The van der Waals surface area contributed by atoms with E-state index in [4.69, 9.17) is 4.74 Å². The zero-order valence-corrected chi connectivity index (χ0v) is 8.41. The van der Waals surface area contributed by atoms with Crippen LogP contribution in [0, 0.1) is 5.92 Å². The van der Waals surface area contributed by atoms with E-state index in [9.17, 15) is 9.59 Å². The van der Waals surface area contributed by atoms with E-state index in [1.54, 1.807) is 0 Å². The van der Waals surface area contributed by atoms with Crippen molar-refractivity contribution in [3.63, 3.8) is 0 Å². The van der Waals surface area contributed by atoms with Crippen LogP contribution in [0.25, 0.3) is 0 Å². The number of rotatable bonds is 4. The van der Waals surface area contributed by atoms with Crippen molar-refractivity contribution >= 4 is 12.2 Å². The molecule has 0 heterocycles. The SMILES string of the molecule is COCC(=O)NC1CCC([C]=O)CC1. The van der Waals surface area contributed by atoms with Crippen LogP contribution in [-0.4, -0.2) is 32.0 Å². The quantitative estimate of drug-likeness (QED) is 0.712. The maximum absolute atomic E-state index is 11.1. The minimum Gasteiger partial charge on any atom is -0.375 e. The Morgan fingerprint density at radius 3 is 2.57 bits per heavy atom. The molecule has 0 bridgehead atoms. The molecule has 0 aliphatic heterocycles. The Labute approximate surface area is 84.0 Å². The minimum absolute atomic E-state index is 0.0746. The number of amides is 1. The van der Waals surface area contributed by atoms with E-state index in [1.807, 2.05) is 6.29 Å². The Balaban J connectivity index is 2.21. The van der Waals surface area contributed by atoms with E-state index in [0.717, 1.165) is 25.7 Å². The second-order valence-corrected chi connectivity index (χ2v) is 3.67. The maximum Gasteiger partial charge on any atom is 0.246 e. The lowest BCUT2D eigenvalue weighted by molar-refractivity contribution is -0.125. The lowest BCUT2D eigenvalue weighted by Crippen LogP contribution is -2.39. The molecule has 1 saturated carbocycles. The lowest BCUT2D eigenvalue weighted by Gasteiger charge is -2.25. The van der Waals surface area contributed by atoms with E-state index >= 15 is 0 Å². The topological polar surface area (TPSA) is 55.4 Å². The van der Waals surface area contributed by atoms with E-state index in [1.165, 1.54) is 7.11 Å². The van der Waals surface area contributed by atoms with Crippen molar-refractivity contribution in [1.82, 2.24) is 5.32 Å². The van der Waals surface area contributed by atoms with Crippen LogP contribution in [0.1, 0.15) is 25.7 Å². The van der Waals surface area contributed by atoms with E-state index in [2.05, 4.69) is 5.32 Å². The number of ether oxygens (including phenoxy) is 1. The normalized spacial score (nSPS) is 26.9. The predicted octanol–water partition coefficient (Wildman–Crippen LogP) is 0.417. The molecule has 0 aromatic rings. The highest BCUT2D eigenvalue weighted by Gasteiger charge is 2.22. The Morgan fingerprint density at radius 1 is 1.43 bits per heavy atom. The van der Waals surface area contributed by atoms with Crippen LogP contribution in [0.2, 0.25) is 0 Å². The van der Waals surface area contributed by atoms with Crippen LogP contribution in [0.15, 0.2) is 0 Å². The fourth-order valence-electron chi connectivity index (χ4n) is 1.76. The van der Waals surface area contributed by atoms with Gasteiger partial charge in [0.25, 0.3) is 0 Å². The van der Waals surface area contributed by atoms with E-state index in [-0.39, 0.29) is 24.5 Å². The molecular formula is C10H16NO3. The first kappa shape index (κ1) is 11.2. The van der Waals surface area contributed by atoms with Crippen molar-refractivity contribution in [3.8, 4) is 0 Å². The molecule has 1 aliphatic carbocycles. The van der Waals surface area contributed by atoms with Gasteiger partial charge in [0.15, 0.2) is 0 Å². The molecule has 1 aliphatic rings. The molecule has 0 spiro atoms. The zero-order chi connectivity index (χ0) is 10.4. The van der Waals surface area contributed by atoms with Gasteiger partial charge in [-0.15, -0.1) is 0 Å². The molecule has 0 aromatic heterocycles. The first-order chi connectivity index (χ1) is 6.76. The van der Waals surface area contributed by atoms with Gasteiger partial charge in [-0.05, 0) is 25.7 Å². The zero-order valence-electron chi connectivity index (χ0n) is 8.41. The lowest BCUT2D eigenvalue weighted by atomic mass is 9.87. The van der Waals surface area contributed by atoms with Gasteiger partial charge in [-0.3, -0.25) is 9.59 Å². The van der Waals surface area contributed by atoms with Crippen molar-refractivity contribution < 1.29 is 14.3 Å². The van der Waals surface area contributed by atoms with Gasteiger partial charge in [0, 0.05) is 19.1 Å². The summed E-state index contributed by atoms with van der Waals surface area (Å²) in [6.07, 6.45) is 5.43. The molecular weight excluding hydrogens is 182 g/mol. The molecule has 4 heteroatoms. The number of methoxy groups -OCH3 is 1. The number of hydrogen-bond acceptors (Lipinski definition) is 3. The van der Waals surface area contributed by atoms with Crippen molar-refractivity contribution in [2.24, 2.45) is 5.92 Å². The van der Waals surface area contributed by atoms with Crippen LogP contribution in [0.4, 0.5) is 0 Å². The monoisotopic (exact) mass is 198 g/mol. The molecule has 1 amide bonds. The van der Waals surface area contributed by atoms with Gasteiger partial charge in [-0.1, -0.05) is 0 Å². The Morgan fingerprint density at radius 2 is 2.07 bits per heavy atom. The van der Waals surface area contributed by atoms with Crippen molar-refractivity contribution in [2.45, 2.75) is 31.7 Å². The number of hydrogen-bond donors (Lipinski definition) is 1. The summed E-state index contributed by atoms with van der Waals surface area (Å²) < 4.78 is 4.71. The van der Waals surface area contributed by atoms with E-state index < -0.39 is 0 Å². The molecule has 1 rings (SSSR count). The molecule has 1 N–H and O–H groups in total. The Kier molecular flexibility index (Phi) is 4.59. The highest BCUT2D eigenvalue weighted by Crippen LogP contribution is 2.22. The fraction of sp³-hybridized carbons (Fsp3) is 0.800. The summed E-state index contributed by atoms with van der Waals surface area (Å²) in [5, 5.41) is 2.87. The second kappa shape index (κ2) is 5.75. The van der Waals surface area contributed by atoms with Gasteiger partial charge in [-0.25, -0.2) is 0 Å². The molecule has 0 aromatic carbocycles. The van der Waals surface area contributed by atoms with Crippen LogP contribution in [0.3, 0.4) is 0 Å². The van der Waals surface area contributed by atoms with Crippen LogP contribution in [0.5, 0.6) is 0 Å². The van der Waals surface area contributed by atoms with Gasteiger partial charge in [-0.2, -0.15) is 0 Å². The number of carbonyl (C=O) groups excluding carboxylic acids is 2.